The highest BCUT2D eigenvalue weighted by molar-refractivity contribution is 5.75. The number of urea groups is 1. The first-order valence-corrected chi connectivity index (χ1v) is 9.61. The Kier molecular flexibility index (Phi) is 4.83. The fourth-order valence-corrected chi connectivity index (χ4v) is 3.98. The van der Waals surface area contributed by atoms with Gasteiger partial charge in [-0.25, -0.2) is 14.3 Å². The summed E-state index contributed by atoms with van der Waals surface area (Å²) in [6.07, 6.45) is 5.00. The van der Waals surface area contributed by atoms with Crippen molar-refractivity contribution in [2.45, 2.75) is 44.7 Å². The van der Waals surface area contributed by atoms with Crippen molar-refractivity contribution in [2.75, 3.05) is 18.9 Å². The third-order valence-electron chi connectivity index (χ3n) is 5.44. The minimum Gasteiger partial charge on any atom is -0.358 e. The number of rotatable bonds is 3. The summed E-state index contributed by atoms with van der Waals surface area (Å²) in [5.41, 5.74) is 2.10. The maximum atomic E-state index is 13.1. The number of hydrogen-bond donors (Lipinski definition) is 2. The molecule has 1 aliphatic carbocycles. The second-order valence-electron chi connectivity index (χ2n) is 7.19. The first-order chi connectivity index (χ1) is 13.2. The second-order valence-corrected chi connectivity index (χ2v) is 7.19. The Morgan fingerprint density at radius 3 is 2.63 bits per heavy atom. The normalized spacial score (nSPS) is 16.9. The standard InChI is InChI=1S/C20H25N5O2/c1-21-19-23-17-13-24(20(27)22-14-7-5-6-8-14)12-11-16(17)18(26)25(19)15-9-3-2-4-10-15/h2-4,9-10,14H,5-8,11-13H2,1H3,(H,21,23)(H,22,27). The molecule has 1 aliphatic heterocycles. The number of fused-ring (bicyclic) bond motifs is 1. The van der Waals surface area contributed by atoms with Crippen molar-refractivity contribution in [1.29, 1.82) is 0 Å². The molecule has 2 heterocycles. The van der Waals surface area contributed by atoms with Crippen LogP contribution in [0.5, 0.6) is 0 Å². The average molecular weight is 367 g/mol. The summed E-state index contributed by atoms with van der Waals surface area (Å²) in [6, 6.07) is 9.73. The fraction of sp³-hybridized carbons (Fsp3) is 0.450. The van der Waals surface area contributed by atoms with Crippen molar-refractivity contribution in [3.05, 3.63) is 51.9 Å². The zero-order chi connectivity index (χ0) is 18.8. The first-order valence-electron chi connectivity index (χ1n) is 9.61. The van der Waals surface area contributed by atoms with E-state index < -0.39 is 0 Å². The Balaban J connectivity index is 1.62. The quantitative estimate of drug-likeness (QED) is 0.872. The molecule has 1 aromatic carbocycles. The molecule has 7 nitrogen and oxygen atoms in total. The molecule has 1 fully saturated rings. The van der Waals surface area contributed by atoms with Gasteiger partial charge in [-0.3, -0.25) is 4.79 Å². The van der Waals surface area contributed by atoms with Gasteiger partial charge in [-0.05, 0) is 31.4 Å². The summed E-state index contributed by atoms with van der Waals surface area (Å²) < 4.78 is 1.60. The van der Waals surface area contributed by atoms with E-state index in [1.54, 1.807) is 16.5 Å². The number of carbonyl (C=O) groups is 1. The van der Waals surface area contributed by atoms with Crippen molar-refractivity contribution >= 4 is 12.0 Å². The van der Waals surface area contributed by atoms with Crippen LogP contribution in [-0.4, -0.2) is 40.1 Å². The Morgan fingerprint density at radius 2 is 1.93 bits per heavy atom. The molecule has 0 radical (unpaired) electrons. The van der Waals surface area contributed by atoms with Crippen LogP contribution in [0.25, 0.3) is 5.69 Å². The van der Waals surface area contributed by atoms with Crippen LogP contribution >= 0.6 is 0 Å². The predicted molar refractivity (Wildman–Crippen MR) is 104 cm³/mol. The molecule has 142 valence electrons. The number of nitrogens with zero attached hydrogens (tertiary/aromatic N) is 3. The number of anilines is 1. The highest BCUT2D eigenvalue weighted by Gasteiger charge is 2.28. The minimum atomic E-state index is -0.0635. The summed E-state index contributed by atoms with van der Waals surface area (Å²) in [5.74, 6) is 0.489. The van der Waals surface area contributed by atoms with Crippen LogP contribution in [0.1, 0.15) is 36.9 Å². The van der Waals surface area contributed by atoms with Crippen molar-refractivity contribution in [3.63, 3.8) is 0 Å². The molecule has 0 saturated heterocycles. The monoisotopic (exact) mass is 367 g/mol. The predicted octanol–water partition coefficient (Wildman–Crippen LogP) is 2.28. The number of benzene rings is 1. The molecule has 2 amide bonds. The third kappa shape index (κ3) is 3.41. The molecular weight excluding hydrogens is 342 g/mol. The number of aromatic nitrogens is 2. The number of carbonyl (C=O) groups excluding carboxylic acids is 1. The van der Waals surface area contributed by atoms with Crippen LogP contribution in [0, 0.1) is 0 Å². The molecule has 0 spiro atoms. The van der Waals surface area contributed by atoms with Crippen LogP contribution in [0.3, 0.4) is 0 Å². The van der Waals surface area contributed by atoms with E-state index in [1.807, 2.05) is 30.3 Å². The van der Waals surface area contributed by atoms with Crippen molar-refractivity contribution in [3.8, 4) is 5.69 Å². The molecule has 2 aromatic rings. The minimum absolute atomic E-state index is 0.0485. The zero-order valence-corrected chi connectivity index (χ0v) is 15.6. The topological polar surface area (TPSA) is 79.3 Å². The highest BCUT2D eigenvalue weighted by Crippen LogP contribution is 2.21. The van der Waals surface area contributed by atoms with Gasteiger partial charge in [-0.1, -0.05) is 31.0 Å². The maximum absolute atomic E-state index is 13.1. The Bertz CT molecular complexity index is 887. The summed E-state index contributed by atoms with van der Waals surface area (Å²) in [6.45, 7) is 0.906. The van der Waals surface area contributed by atoms with Crippen LogP contribution in [0.2, 0.25) is 0 Å². The highest BCUT2D eigenvalue weighted by atomic mass is 16.2. The second kappa shape index (κ2) is 7.42. The molecule has 2 N–H and O–H groups in total. The molecule has 2 aliphatic rings. The molecule has 1 aromatic heterocycles. The molecule has 4 rings (SSSR count). The molecular formula is C20H25N5O2. The van der Waals surface area contributed by atoms with Crippen LogP contribution < -0.4 is 16.2 Å². The number of para-hydroxylation sites is 1. The van der Waals surface area contributed by atoms with Crippen molar-refractivity contribution < 1.29 is 4.79 Å². The summed E-state index contributed by atoms with van der Waals surface area (Å²) >= 11 is 0. The first kappa shape index (κ1) is 17.6. The smallest absolute Gasteiger partial charge is 0.317 e. The van der Waals surface area contributed by atoms with Crippen LogP contribution in [0.4, 0.5) is 10.7 Å². The van der Waals surface area contributed by atoms with Gasteiger partial charge in [-0.15, -0.1) is 0 Å². The largest absolute Gasteiger partial charge is 0.358 e. The van der Waals surface area contributed by atoms with Gasteiger partial charge in [0.2, 0.25) is 5.95 Å². The number of nitrogens with one attached hydrogen (secondary N) is 2. The van der Waals surface area contributed by atoms with Gasteiger partial charge in [0.25, 0.3) is 5.56 Å². The SMILES string of the molecule is CNc1nc2c(c(=O)n1-c1ccccc1)CCN(C(=O)NC1CCCC1)C2. The van der Waals surface area contributed by atoms with E-state index in [1.165, 1.54) is 12.8 Å². The molecule has 27 heavy (non-hydrogen) atoms. The summed E-state index contributed by atoms with van der Waals surface area (Å²) in [5, 5.41) is 6.14. The van der Waals surface area contributed by atoms with E-state index in [0.29, 0.717) is 36.7 Å². The Labute approximate surface area is 158 Å². The average Bonchev–Trinajstić information content (AvgIpc) is 3.21. The fourth-order valence-electron chi connectivity index (χ4n) is 3.98. The zero-order valence-electron chi connectivity index (χ0n) is 15.6. The van der Waals surface area contributed by atoms with E-state index in [4.69, 9.17) is 0 Å². The third-order valence-corrected chi connectivity index (χ3v) is 5.44. The lowest BCUT2D eigenvalue weighted by atomic mass is 10.1. The number of hydrogen-bond acceptors (Lipinski definition) is 4. The lowest BCUT2D eigenvalue weighted by Crippen LogP contribution is -2.47. The lowest BCUT2D eigenvalue weighted by Gasteiger charge is -2.30. The van der Waals surface area contributed by atoms with Crippen LogP contribution in [-0.2, 0) is 13.0 Å². The van der Waals surface area contributed by atoms with Gasteiger partial charge < -0.3 is 15.5 Å². The summed E-state index contributed by atoms with van der Waals surface area (Å²) in [4.78, 5) is 32.1. The molecule has 0 unspecified atom stereocenters. The number of amides is 2. The molecule has 1 saturated carbocycles. The van der Waals surface area contributed by atoms with Gasteiger partial charge in [-0.2, -0.15) is 0 Å². The Morgan fingerprint density at radius 1 is 1.19 bits per heavy atom. The van der Waals surface area contributed by atoms with Crippen molar-refractivity contribution in [1.82, 2.24) is 19.8 Å². The van der Waals surface area contributed by atoms with Gasteiger partial charge in [0.1, 0.15) is 0 Å². The molecule has 0 bridgehead atoms. The van der Waals surface area contributed by atoms with Crippen LogP contribution in [0.15, 0.2) is 35.1 Å². The van der Waals surface area contributed by atoms with E-state index >= 15 is 0 Å². The van der Waals surface area contributed by atoms with E-state index in [9.17, 15) is 9.59 Å². The van der Waals surface area contributed by atoms with Gasteiger partial charge in [0.05, 0.1) is 17.9 Å². The van der Waals surface area contributed by atoms with Gasteiger partial charge in [0.15, 0.2) is 0 Å². The van der Waals surface area contributed by atoms with Crippen molar-refractivity contribution in [2.24, 2.45) is 0 Å². The van der Waals surface area contributed by atoms with Gasteiger partial charge in [0, 0.05) is 25.2 Å². The maximum Gasteiger partial charge on any atom is 0.317 e. The molecule has 0 atom stereocenters. The van der Waals surface area contributed by atoms with E-state index in [-0.39, 0.29) is 17.6 Å². The lowest BCUT2D eigenvalue weighted by molar-refractivity contribution is 0.187. The van der Waals surface area contributed by atoms with E-state index in [0.717, 1.165) is 18.5 Å². The molecule has 7 heteroatoms. The van der Waals surface area contributed by atoms with E-state index in [2.05, 4.69) is 15.6 Å². The van der Waals surface area contributed by atoms with Gasteiger partial charge >= 0.3 is 6.03 Å². The summed E-state index contributed by atoms with van der Waals surface area (Å²) in [7, 11) is 1.75. The Hall–Kier alpha value is -2.83.